The Balaban J connectivity index is 1.56. The first-order valence-corrected chi connectivity index (χ1v) is 12.4. The summed E-state index contributed by atoms with van der Waals surface area (Å²) in [7, 11) is 0. The van der Waals surface area contributed by atoms with Gasteiger partial charge in [0.05, 0.1) is 24.5 Å². The highest BCUT2D eigenvalue weighted by Crippen LogP contribution is 2.36. The van der Waals surface area contributed by atoms with Crippen LogP contribution in [0.25, 0.3) is 33.1 Å². The first kappa shape index (κ1) is 23.3. The third kappa shape index (κ3) is 4.99. The van der Waals surface area contributed by atoms with Crippen molar-refractivity contribution in [3.05, 3.63) is 102 Å². The minimum absolute atomic E-state index is 0.245. The van der Waals surface area contributed by atoms with Crippen molar-refractivity contribution in [2.75, 3.05) is 11.9 Å². The molecule has 0 aliphatic carbocycles. The number of hydrogen-bond acceptors (Lipinski definition) is 8. The van der Waals surface area contributed by atoms with Crippen LogP contribution >= 0.6 is 11.3 Å². The van der Waals surface area contributed by atoms with E-state index in [2.05, 4.69) is 25.5 Å². The number of carbonyl (C=O) groups excluding carboxylic acids is 1. The Labute approximate surface area is 212 Å². The normalized spacial score (nSPS) is 10.7. The summed E-state index contributed by atoms with van der Waals surface area (Å²) >= 11 is 1.51. The number of esters is 1. The largest absolute Gasteiger partial charge is 0.462 e. The van der Waals surface area contributed by atoms with Gasteiger partial charge in [0.2, 0.25) is 0 Å². The first-order valence-electron chi connectivity index (χ1n) is 11.5. The number of nitrogens with zero attached hydrogens (tertiary/aromatic N) is 4. The van der Waals surface area contributed by atoms with Gasteiger partial charge in [0, 0.05) is 22.7 Å². The molecule has 0 saturated heterocycles. The molecule has 0 saturated carbocycles. The van der Waals surface area contributed by atoms with Gasteiger partial charge in [0.15, 0.2) is 5.82 Å². The molecule has 0 atom stereocenters. The maximum absolute atomic E-state index is 13.3. The molecule has 0 unspecified atom stereocenters. The maximum Gasteiger partial charge on any atom is 0.342 e. The molecule has 1 N–H and O–H groups in total. The van der Waals surface area contributed by atoms with Crippen molar-refractivity contribution in [1.29, 1.82) is 0 Å². The van der Waals surface area contributed by atoms with Crippen LogP contribution in [-0.2, 0) is 11.3 Å². The molecule has 3 heterocycles. The SMILES string of the molecule is CCOC(=O)c1c(NCc2csc(-c3ccccn3)n2)nnc(-c2ccccc2)c1-c1ccccc1. The first-order chi connectivity index (χ1) is 17.7. The number of aromatic nitrogens is 4. The fourth-order valence-corrected chi connectivity index (χ4v) is 4.61. The lowest BCUT2D eigenvalue weighted by molar-refractivity contribution is 0.0528. The van der Waals surface area contributed by atoms with Crippen molar-refractivity contribution in [2.24, 2.45) is 0 Å². The van der Waals surface area contributed by atoms with Gasteiger partial charge in [-0.15, -0.1) is 21.5 Å². The van der Waals surface area contributed by atoms with Crippen molar-refractivity contribution >= 4 is 23.1 Å². The van der Waals surface area contributed by atoms with Crippen molar-refractivity contribution in [1.82, 2.24) is 20.2 Å². The van der Waals surface area contributed by atoms with E-state index in [9.17, 15) is 4.79 Å². The quantitative estimate of drug-likeness (QED) is 0.261. The van der Waals surface area contributed by atoms with Gasteiger partial charge in [-0.05, 0) is 24.6 Å². The van der Waals surface area contributed by atoms with E-state index in [0.717, 1.165) is 27.5 Å². The Morgan fingerprint density at radius 3 is 2.33 bits per heavy atom. The molecule has 0 amide bonds. The smallest absolute Gasteiger partial charge is 0.342 e. The van der Waals surface area contributed by atoms with Gasteiger partial charge in [-0.3, -0.25) is 4.98 Å². The predicted octanol–water partition coefficient (Wildman–Crippen LogP) is 6.12. The monoisotopic (exact) mass is 493 g/mol. The average Bonchev–Trinajstić information content (AvgIpc) is 3.42. The van der Waals surface area contributed by atoms with Crippen molar-refractivity contribution < 1.29 is 9.53 Å². The molecule has 3 aromatic heterocycles. The van der Waals surface area contributed by atoms with Crippen LogP contribution in [0.5, 0.6) is 0 Å². The summed E-state index contributed by atoms with van der Waals surface area (Å²) < 4.78 is 5.47. The van der Waals surface area contributed by atoms with Crippen LogP contribution in [0, 0.1) is 0 Å². The molecule has 0 radical (unpaired) electrons. The minimum Gasteiger partial charge on any atom is -0.462 e. The minimum atomic E-state index is -0.460. The summed E-state index contributed by atoms with van der Waals surface area (Å²) in [6, 6.07) is 25.1. The second-order valence-electron chi connectivity index (χ2n) is 7.81. The van der Waals surface area contributed by atoms with E-state index in [-0.39, 0.29) is 6.61 Å². The molecule has 36 heavy (non-hydrogen) atoms. The van der Waals surface area contributed by atoms with Crippen molar-refractivity contribution in [3.8, 4) is 33.1 Å². The highest BCUT2D eigenvalue weighted by molar-refractivity contribution is 7.13. The molecule has 0 bridgehead atoms. The number of pyridine rings is 1. The Kier molecular flexibility index (Phi) is 7.05. The second-order valence-corrected chi connectivity index (χ2v) is 8.67. The Bertz CT molecular complexity index is 1460. The van der Waals surface area contributed by atoms with E-state index in [1.807, 2.05) is 84.2 Å². The van der Waals surface area contributed by atoms with Crippen LogP contribution in [0.2, 0.25) is 0 Å². The molecular weight excluding hydrogens is 470 g/mol. The molecule has 7 nitrogen and oxygen atoms in total. The van der Waals surface area contributed by atoms with E-state index in [1.54, 1.807) is 13.1 Å². The third-order valence-corrected chi connectivity index (χ3v) is 6.35. The summed E-state index contributed by atoms with van der Waals surface area (Å²) in [5.74, 6) is -0.113. The fraction of sp³-hybridized carbons (Fsp3) is 0.107. The van der Waals surface area contributed by atoms with Crippen molar-refractivity contribution in [2.45, 2.75) is 13.5 Å². The van der Waals surface area contributed by atoms with E-state index < -0.39 is 5.97 Å². The molecule has 0 spiro atoms. The van der Waals surface area contributed by atoms with Gasteiger partial charge in [0.25, 0.3) is 0 Å². The number of anilines is 1. The number of rotatable bonds is 8. The van der Waals surface area contributed by atoms with Crippen LogP contribution in [0.4, 0.5) is 5.82 Å². The average molecular weight is 494 g/mol. The number of carbonyl (C=O) groups is 1. The zero-order valence-corrected chi connectivity index (χ0v) is 20.4. The Morgan fingerprint density at radius 2 is 1.64 bits per heavy atom. The maximum atomic E-state index is 13.3. The van der Waals surface area contributed by atoms with Gasteiger partial charge in [0.1, 0.15) is 16.3 Å². The van der Waals surface area contributed by atoms with Crippen LogP contribution in [0.15, 0.2) is 90.4 Å². The molecular formula is C28H23N5O2S. The number of hydrogen-bond donors (Lipinski definition) is 1. The zero-order valence-electron chi connectivity index (χ0n) is 19.6. The lowest BCUT2D eigenvalue weighted by Gasteiger charge is -2.17. The predicted molar refractivity (Wildman–Crippen MR) is 142 cm³/mol. The van der Waals surface area contributed by atoms with Crippen LogP contribution in [0.1, 0.15) is 23.0 Å². The fourth-order valence-electron chi connectivity index (χ4n) is 3.82. The highest BCUT2D eigenvalue weighted by Gasteiger charge is 2.25. The molecule has 2 aromatic carbocycles. The van der Waals surface area contributed by atoms with E-state index >= 15 is 0 Å². The van der Waals surface area contributed by atoms with Gasteiger partial charge in [-0.25, -0.2) is 9.78 Å². The summed E-state index contributed by atoms with van der Waals surface area (Å²) in [6.07, 6.45) is 1.75. The summed E-state index contributed by atoms with van der Waals surface area (Å²) in [6.45, 7) is 2.40. The highest BCUT2D eigenvalue weighted by atomic mass is 32.1. The van der Waals surface area contributed by atoms with Gasteiger partial charge in [-0.1, -0.05) is 66.7 Å². The van der Waals surface area contributed by atoms with E-state index in [1.165, 1.54) is 11.3 Å². The van der Waals surface area contributed by atoms with Gasteiger partial charge >= 0.3 is 5.97 Å². The zero-order chi connectivity index (χ0) is 24.7. The van der Waals surface area contributed by atoms with Crippen LogP contribution in [-0.4, -0.2) is 32.7 Å². The van der Waals surface area contributed by atoms with Crippen LogP contribution in [0.3, 0.4) is 0 Å². The molecule has 0 fully saturated rings. The molecule has 5 rings (SSSR count). The summed E-state index contributed by atoms with van der Waals surface area (Å²) in [5.41, 5.74) is 4.97. The topological polar surface area (TPSA) is 89.9 Å². The summed E-state index contributed by atoms with van der Waals surface area (Å²) in [4.78, 5) is 22.3. The number of benzene rings is 2. The molecule has 0 aliphatic heterocycles. The number of nitrogens with one attached hydrogen (secondary N) is 1. The lowest BCUT2D eigenvalue weighted by Crippen LogP contribution is -2.15. The molecule has 5 aromatic rings. The molecule has 0 aliphatic rings. The Morgan fingerprint density at radius 1 is 0.917 bits per heavy atom. The van der Waals surface area contributed by atoms with E-state index in [0.29, 0.717) is 29.2 Å². The molecule has 178 valence electrons. The van der Waals surface area contributed by atoms with Gasteiger partial charge < -0.3 is 10.1 Å². The van der Waals surface area contributed by atoms with Gasteiger partial charge in [-0.2, -0.15) is 0 Å². The third-order valence-electron chi connectivity index (χ3n) is 5.44. The summed E-state index contributed by atoms with van der Waals surface area (Å²) in [5, 5.41) is 15.0. The van der Waals surface area contributed by atoms with Crippen molar-refractivity contribution in [3.63, 3.8) is 0 Å². The number of thiazole rings is 1. The lowest BCUT2D eigenvalue weighted by atomic mass is 9.95. The Hall–Kier alpha value is -4.43. The number of ether oxygens (including phenoxy) is 1. The van der Waals surface area contributed by atoms with E-state index in [4.69, 9.17) is 4.74 Å². The standard InChI is InChI=1S/C28H23N5O2S/c1-2-35-28(34)24-23(19-11-5-3-6-12-19)25(20-13-7-4-8-14-20)32-33-26(24)30-17-21-18-36-27(31-21)22-15-9-10-16-29-22/h3-16,18H,2,17H2,1H3,(H,30,33). The second kappa shape index (κ2) is 10.9. The van der Waals surface area contributed by atoms with Crippen LogP contribution < -0.4 is 5.32 Å². The molecule has 8 heteroatoms.